The third-order valence-electron chi connectivity index (χ3n) is 3.46. The van der Waals surface area contributed by atoms with Gasteiger partial charge in [0.25, 0.3) is 0 Å². The van der Waals surface area contributed by atoms with Gasteiger partial charge in [-0.3, -0.25) is 4.99 Å². The van der Waals surface area contributed by atoms with Crippen molar-refractivity contribution < 1.29 is 0 Å². The molecule has 0 saturated carbocycles. The maximum atomic E-state index is 4.80. The summed E-state index contributed by atoms with van der Waals surface area (Å²) >= 11 is 5.30. The molecule has 1 aliphatic heterocycles. The maximum Gasteiger partial charge on any atom is 0.161 e. The molecule has 0 saturated heterocycles. The van der Waals surface area contributed by atoms with Crippen molar-refractivity contribution in [3.05, 3.63) is 64.1 Å². The van der Waals surface area contributed by atoms with Gasteiger partial charge in [0.05, 0.1) is 6.04 Å². The Bertz CT molecular complexity index is 655. The number of aryl methyl sites for hydroxylation is 1. The van der Waals surface area contributed by atoms with E-state index < -0.39 is 0 Å². The SMILES string of the molecule is Cc1cc(Br)ccc1NC1=NC(Cc2ccccc2)CS1. The smallest absolute Gasteiger partial charge is 0.161 e. The van der Waals surface area contributed by atoms with E-state index in [4.69, 9.17) is 4.99 Å². The summed E-state index contributed by atoms with van der Waals surface area (Å²) < 4.78 is 1.11. The summed E-state index contributed by atoms with van der Waals surface area (Å²) in [5, 5.41) is 4.47. The average molecular weight is 361 g/mol. The fourth-order valence-corrected chi connectivity index (χ4v) is 3.78. The van der Waals surface area contributed by atoms with Gasteiger partial charge in [-0.1, -0.05) is 58.0 Å². The normalized spacial score (nSPS) is 17.6. The molecule has 108 valence electrons. The van der Waals surface area contributed by atoms with Crippen molar-refractivity contribution >= 4 is 38.5 Å². The summed E-state index contributed by atoms with van der Waals surface area (Å²) in [6.45, 7) is 2.11. The standard InChI is InChI=1S/C17H17BrN2S/c1-12-9-14(18)7-8-16(12)20-17-19-15(11-21-17)10-13-5-3-2-4-6-13/h2-9,15H,10-11H2,1H3,(H,19,20). The number of amidine groups is 1. The molecule has 1 heterocycles. The lowest BCUT2D eigenvalue weighted by molar-refractivity contribution is 0.762. The van der Waals surface area contributed by atoms with Crippen molar-refractivity contribution in [3.8, 4) is 0 Å². The fraction of sp³-hybridized carbons (Fsp3) is 0.235. The Morgan fingerprint density at radius 2 is 2.05 bits per heavy atom. The molecule has 4 heteroatoms. The Morgan fingerprint density at radius 3 is 2.81 bits per heavy atom. The zero-order valence-electron chi connectivity index (χ0n) is 11.8. The van der Waals surface area contributed by atoms with Crippen molar-refractivity contribution in [2.45, 2.75) is 19.4 Å². The molecule has 3 rings (SSSR count). The first-order chi connectivity index (χ1) is 10.2. The van der Waals surface area contributed by atoms with Crippen LogP contribution in [0.4, 0.5) is 5.69 Å². The van der Waals surface area contributed by atoms with Crippen molar-refractivity contribution in [3.63, 3.8) is 0 Å². The van der Waals surface area contributed by atoms with E-state index in [0.29, 0.717) is 6.04 Å². The van der Waals surface area contributed by atoms with Crippen molar-refractivity contribution in [2.24, 2.45) is 4.99 Å². The lowest BCUT2D eigenvalue weighted by Gasteiger charge is -2.08. The van der Waals surface area contributed by atoms with Crippen molar-refractivity contribution in [1.29, 1.82) is 0 Å². The zero-order chi connectivity index (χ0) is 14.7. The van der Waals surface area contributed by atoms with Crippen LogP contribution in [0.5, 0.6) is 0 Å². The van der Waals surface area contributed by atoms with Crippen LogP contribution >= 0.6 is 27.7 Å². The van der Waals surface area contributed by atoms with E-state index in [1.807, 2.05) is 0 Å². The Morgan fingerprint density at radius 1 is 1.24 bits per heavy atom. The number of hydrogen-bond acceptors (Lipinski definition) is 3. The van der Waals surface area contributed by atoms with Crippen LogP contribution in [0, 0.1) is 6.92 Å². The molecule has 0 radical (unpaired) electrons. The monoisotopic (exact) mass is 360 g/mol. The first kappa shape index (κ1) is 14.7. The van der Waals surface area contributed by atoms with Gasteiger partial charge in [0, 0.05) is 15.9 Å². The lowest BCUT2D eigenvalue weighted by Crippen LogP contribution is -2.08. The first-order valence-electron chi connectivity index (χ1n) is 6.98. The molecular formula is C17H17BrN2S. The van der Waals surface area contributed by atoms with Gasteiger partial charge < -0.3 is 5.32 Å². The number of anilines is 1. The highest BCUT2D eigenvalue weighted by Gasteiger charge is 2.19. The molecule has 1 aliphatic rings. The molecule has 1 N–H and O–H groups in total. The molecule has 1 atom stereocenters. The van der Waals surface area contributed by atoms with Gasteiger partial charge in [-0.2, -0.15) is 0 Å². The van der Waals surface area contributed by atoms with E-state index in [-0.39, 0.29) is 0 Å². The summed E-state index contributed by atoms with van der Waals surface area (Å²) in [7, 11) is 0. The van der Waals surface area contributed by atoms with Gasteiger partial charge in [0.15, 0.2) is 5.17 Å². The van der Waals surface area contributed by atoms with Crippen LogP contribution in [0.1, 0.15) is 11.1 Å². The number of rotatable bonds is 3. The molecule has 2 nitrogen and oxygen atoms in total. The van der Waals surface area contributed by atoms with Crippen LogP contribution < -0.4 is 5.32 Å². The topological polar surface area (TPSA) is 24.4 Å². The summed E-state index contributed by atoms with van der Waals surface area (Å²) in [4.78, 5) is 4.80. The summed E-state index contributed by atoms with van der Waals surface area (Å²) in [5.74, 6) is 1.05. The number of thioether (sulfide) groups is 1. The molecule has 0 amide bonds. The van der Waals surface area contributed by atoms with Crippen LogP contribution in [0.2, 0.25) is 0 Å². The lowest BCUT2D eigenvalue weighted by atomic mass is 10.1. The number of hydrogen-bond donors (Lipinski definition) is 1. The maximum absolute atomic E-state index is 4.80. The Labute approximate surface area is 138 Å². The van der Waals surface area contributed by atoms with Crippen LogP contribution in [0.15, 0.2) is 58.0 Å². The predicted molar refractivity (Wildman–Crippen MR) is 96.3 cm³/mol. The molecule has 0 fully saturated rings. The van der Waals surface area contributed by atoms with Gasteiger partial charge in [-0.15, -0.1) is 0 Å². The highest BCUT2D eigenvalue weighted by molar-refractivity contribution is 9.10. The number of benzene rings is 2. The van der Waals surface area contributed by atoms with E-state index in [2.05, 4.69) is 76.7 Å². The van der Waals surface area contributed by atoms with Gasteiger partial charge in [-0.05, 0) is 42.7 Å². The van der Waals surface area contributed by atoms with Gasteiger partial charge in [0.1, 0.15) is 0 Å². The van der Waals surface area contributed by atoms with Crippen LogP contribution in [-0.4, -0.2) is 17.0 Å². The molecular weight excluding hydrogens is 344 g/mol. The molecule has 2 aromatic carbocycles. The number of aliphatic imine (C=N–C) groups is 1. The molecule has 0 aromatic heterocycles. The number of halogens is 1. The third kappa shape index (κ3) is 3.89. The minimum Gasteiger partial charge on any atom is -0.335 e. The summed E-state index contributed by atoms with van der Waals surface area (Å²) in [6.07, 6.45) is 1.01. The minimum atomic E-state index is 0.371. The summed E-state index contributed by atoms with van der Waals surface area (Å²) in [6, 6.07) is 17.2. The second kappa shape index (κ2) is 6.67. The minimum absolute atomic E-state index is 0.371. The molecule has 2 aromatic rings. The molecule has 0 aliphatic carbocycles. The second-order valence-electron chi connectivity index (χ2n) is 5.17. The highest BCUT2D eigenvalue weighted by Crippen LogP contribution is 2.25. The Hall–Kier alpha value is -1.26. The number of nitrogens with zero attached hydrogens (tertiary/aromatic N) is 1. The predicted octanol–water partition coefficient (Wildman–Crippen LogP) is 4.88. The van der Waals surface area contributed by atoms with E-state index >= 15 is 0 Å². The van der Waals surface area contributed by atoms with Crippen molar-refractivity contribution in [2.75, 3.05) is 11.1 Å². The van der Waals surface area contributed by atoms with E-state index in [1.165, 1.54) is 11.1 Å². The van der Waals surface area contributed by atoms with Crippen molar-refractivity contribution in [1.82, 2.24) is 0 Å². The Kier molecular flexibility index (Phi) is 4.66. The average Bonchev–Trinajstić information content (AvgIpc) is 2.90. The van der Waals surface area contributed by atoms with Gasteiger partial charge >= 0.3 is 0 Å². The molecule has 1 unspecified atom stereocenters. The van der Waals surface area contributed by atoms with Crippen LogP contribution in [0.3, 0.4) is 0 Å². The van der Waals surface area contributed by atoms with Crippen LogP contribution in [-0.2, 0) is 6.42 Å². The summed E-state index contributed by atoms with van der Waals surface area (Å²) in [5.41, 5.74) is 3.71. The fourth-order valence-electron chi connectivity index (χ4n) is 2.36. The molecule has 0 bridgehead atoms. The van der Waals surface area contributed by atoms with E-state index in [9.17, 15) is 0 Å². The first-order valence-corrected chi connectivity index (χ1v) is 8.76. The van der Waals surface area contributed by atoms with E-state index in [0.717, 1.165) is 27.5 Å². The number of nitrogens with one attached hydrogen (secondary N) is 1. The van der Waals surface area contributed by atoms with Crippen LogP contribution in [0.25, 0.3) is 0 Å². The quantitative estimate of drug-likeness (QED) is 0.842. The third-order valence-corrected chi connectivity index (χ3v) is 4.98. The Balaban J connectivity index is 1.66. The van der Waals surface area contributed by atoms with Gasteiger partial charge in [0.2, 0.25) is 0 Å². The highest BCUT2D eigenvalue weighted by atomic mass is 79.9. The van der Waals surface area contributed by atoms with Gasteiger partial charge in [-0.25, -0.2) is 0 Å². The zero-order valence-corrected chi connectivity index (χ0v) is 14.2. The molecule has 21 heavy (non-hydrogen) atoms. The largest absolute Gasteiger partial charge is 0.335 e. The van der Waals surface area contributed by atoms with E-state index in [1.54, 1.807) is 11.8 Å². The second-order valence-corrected chi connectivity index (χ2v) is 7.10. The molecule has 0 spiro atoms.